The number of carbonyl (C=O) groups excluding carboxylic acids is 1. The number of rotatable bonds is 2. The Balaban J connectivity index is 4.06. The summed E-state index contributed by atoms with van der Waals surface area (Å²) >= 11 is 0. The maximum Gasteiger partial charge on any atom is 0.344 e. The maximum absolute atomic E-state index is 9.91. The lowest BCUT2D eigenvalue weighted by atomic mass is 10.3. The molecule has 54 valence electrons. The Kier molecular flexibility index (Phi) is 2.24. The first kappa shape index (κ1) is 8.47. The average molecular weight is 138 g/mol. The molecule has 0 saturated heterocycles. The van der Waals surface area contributed by atoms with Crippen LogP contribution in [-0.4, -0.2) is 43.6 Å². The Morgan fingerprint density at radius 3 is 1.56 bits per heavy atom. The van der Waals surface area contributed by atoms with Crippen LogP contribution < -0.4 is 0 Å². The van der Waals surface area contributed by atoms with Crippen LogP contribution >= 0.6 is 0 Å². The molecule has 0 rings (SSSR count). The van der Waals surface area contributed by atoms with Crippen LogP contribution in [0.2, 0.25) is 0 Å². The highest BCUT2D eigenvalue weighted by atomic mass is 16.7. The zero-order valence-electron chi connectivity index (χ0n) is 4.22. The third kappa shape index (κ3) is 2.49. The van der Waals surface area contributed by atoms with Gasteiger partial charge in [-0.15, -0.1) is 0 Å². The van der Waals surface area contributed by atoms with Crippen LogP contribution in [0.3, 0.4) is 0 Å². The van der Waals surface area contributed by atoms with E-state index in [1.54, 1.807) is 0 Å². The quantitative estimate of drug-likeness (QED) is 0.253. The Hall–Kier alpha value is -0.530. The van der Waals surface area contributed by atoms with Gasteiger partial charge in [-0.05, 0) is 0 Å². The molecule has 6 heteroatoms. The lowest BCUT2D eigenvalue weighted by Crippen LogP contribution is -2.44. The van der Waals surface area contributed by atoms with Crippen LogP contribution in [0.15, 0.2) is 0 Å². The van der Waals surface area contributed by atoms with Crippen LogP contribution in [0, 0.1) is 0 Å². The smallest absolute Gasteiger partial charge is 0.344 e. The Bertz CT molecular complexity index is 110. The average Bonchev–Trinajstić information content (AvgIpc) is 1.62. The van der Waals surface area contributed by atoms with Crippen LogP contribution in [-0.2, 0) is 4.79 Å². The molecular weight excluding hydrogens is 132 g/mol. The number of ketones is 1. The molecule has 0 aromatic rings. The van der Waals surface area contributed by atoms with Crippen LogP contribution in [0.4, 0.5) is 0 Å². The third-order valence-corrected chi connectivity index (χ3v) is 0.565. The fraction of sp³-hybridized carbons (Fsp3) is 0.667. The maximum atomic E-state index is 9.91. The lowest BCUT2D eigenvalue weighted by Gasteiger charge is -2.12. The van der Waals surface area contributed by atoms with E-state index in [-0.39, 0.29) is 0 Å². The van der Waals surface area contributed by atoms with Gasteiger partial charge < -0.3 is 25.5 Å². The number of aliphatic hydroxyl groups is 5. The summed E-state index contributed by atoms with van der Waals surface area (Å²) in [5.41, 5.74) is 0. The molecule has 0 spiro atoms. The molecule has 0 atom stereocenters. The summed E-state index contributed by atoms with van der Waals surface area (Å²) in [6.45, 7) is 0. The predicted octanol–water partition coefficient (Wildman–Crippen LogP) is -3.50. The normalized spacial score (nSPS) is 12.2. The second-order valence-corrected chi connectivity index (χ2v) is 1.37. The van der Waals surface area contributed by atoms with Gasteiger partial charge in [0.2, 0.25) is 6.29 Å². The van der Waals surface area contributed by atoms with Gasteiger partial charge in [-0.25, -0.2) is 0 Å². The Labute approximate surface area is 49.6 Å². The number of hydrogen-bond acceptors (Lipinski definition) is 6. The van der Waals surface area contributed by atoms with E-state index < -0.39 is 18.0 Å². The van der Waals surface area contributed by atoms with E-state index >= 15 is 0 Å². The highest BCUT2D eigenvalue weighted by Gasteiger charge is 2.34. The molecule has 0 bridgehead atoms. The molecule has 0 aromatic carbocycles. The number of carbonyl (C=O) groups is 1. The van der Waals surface area contributed by atoms with Crippen molar-refractivity contribution in [2.24, 2.45) is 0 Å². The van der Waals surface area contributed by atoms with Crippen molar-refractivity contribution in [3.05, 3.63) is 0 Å². The van der Waals surface area contributed by atoms with E-state index in [2.05, 4.69) is 0 Å². The predicted molar refractivity (Wildman–Crippen MR) is 22.6 cm³/mol. The van der Waals surface area contributed by atoms with Gasteiger partial charge in [0.05, 0.1) is 0 Å². The summed E-state index contributed by atoms with van der Waals surface area (Å²) in [4.78, 5) is 9.91. The van der Waals surface area contributed by atoms with Crippen molar-refractivity contribution in [1.29, 1.82) is 0 Å². The van der Waals surface area contributed by atoms with E-state index in [4.69, 9.17) is 25.5 Å². The lowest BCUT2D eigenvalue weighted by molar-refractivity contribution is -0.297. The van der Waals surface area contributed by atoms with Crippen LogP contribution in [0.5, 0.6) is 0 Å². The molecule has 0 amide bonds. The van der Waals surface area contributed by atoms with E-state index in [0.29, 0.717) is 0 Å². The second kappa shape index (κ2) is 2.38. The molecule has 0 unspecified atom stereocenters. The van der Waals surface area contributed by atoms with Crippen molar-refractivity contribution in [1.82, 2.24) is 0 Å². The van der Waals surface area contributed by atoms with Crippen molar-refractivity contribution in [2.75, 3.05) is 0 Å². The van der Waals surface area contributed by atoms with E-state index in [1.807, 2.05) is 0 Å². The number of hydrogen-bond donors (Lipinski definition) is 5. The minimum atomic E-state index is -3.66. The zero-order valence-corrected chi connectivity index (χ0v) is 4.22. The van der Waals surface area contributed by atoms with Gasteiger partial charge in [-0.1, -0.05) is 0 Å². The molecule has 6 nitrogen and oxygen atoms in total. The molecule has 0 saturated carbocycles. The summed E-state index contributed by atoms with van der Waals surface area (Å²) in [6, 6.07) is 0. The standard InChI is InChI=1S/C3H6O6/c4-1(2(5)6)3(7,8)9/h2,5-9H. The van der Waals surface area contributed by atoms with Crippen molar-refractivity contribution < 1.29 is 30.3 Å². The first-order valence-corrected chi connectivity index (χ1v) is 1.93. The fourth-order valence-corrected chi connectivity index (χ4v) is 0.173. The Morgan fingerprint density at radius 2 is 1.56 bits per heavy atom. The topological polar surface area (TPSA) is 118 Å². The van der Waals surface area contributed by atoms with Gasteiger partial charge in [-0.2, -0.15) is 0 Å². The van der Waals surface area contributed by atoms with Gasteiger partial charge in [0, 0.05) is 0 Å². The molecular formula is C3H6O6. The summed E-state index contributed by atoms with van der Waals surface area (Å²) < 4.78 is 0. The molecule has 0 fully saturated rings. The minimum absolute atomic E-state index is 1.89. The molecule has 0 aliphatic rings. The minimum Gasteiger partial charge on any atom is -0.362 e. The van der Waals surface area contributed by atoms with Gasteiger partial charge in [0.25, 0.3) is 5.78 Å². The third-order valence-electron chi connectivity index (χ3n) is 0.565. The van der Waals surface area contributed by atoms with Crippen molar-refractivity contribution in [3.63, 3.8) is 0 Å². The van der Waals surface area contributed by atoms with E-state index in [9.17, 15) is 4.79 Å². The molecule has 5 N–H and O–H groups in total. The molecule has 0 radical (unpaired) electrons. The molecule has 9 heavy (non-hydrogen) atoms. The molecule has 0 aliphatic carbocycles. The first-order valence-electron chi connectivity index (χ1n) is 1.93. The molecule has 0 heterocycles. The SMILES string of the molecule is O=C(C(O)O)C(O)(O)O. The molecule has 0 aliphatic heterocycles. The first-order chi connectivity index (χ1) is 3.85. The van der Waals surface area contributed by atoms with Gasteiger partial charge >= 0.3 is 5.97 Å². The highest BCUT2D eigenvalue weighted by Crippen LogP contribution is 1.96. The fourth-order valence-electron chi connectivity index (χ4n) is 0.173. The Morgan fingerprint density at radius 1 is 1.22 bits per heavy atom. The molecule has 0 aromatic heterocycles. The summed E-state index contributed by atoms with van der Waals surface area (Å²) in [7, 11) is 0. The highest BCUT2D eigenvalue weighted by molar-refractivity contribution is 5.86. The number of aliphatic hydroxyl groups excluding tert-OH is 1. The van der Waals surface area contributed by atoms with Crippen molar-refractivity contribution >= 4 is 5.78 Å². The summed E-state index contributed by atoms with van der Waals surface area (Å²) in [5.74, 6) is -5.55. The van der Waals surface area contributed by atoms with Gasteiger partial charge in [0.15, 0.2) is 0 Å². The van der Waals surface area contributed by atoms with E-state index in [0.717, 1.165) is 0 Å². The van der Waals surface area contributed by atoms with Crippen LogP contribution in [0.1, 0.15) is 0 Å². The summed E-state index contributed by atoms with van der Waals surface area (Å²) in [5, 5.41) is 39.5. The van der Waals surface area contributed by atoms with E-state index in [1.165, 1.54) is 0 Å². The number of Topliss-reactive ketones (excluding diaryl/α,β-unsaturated/α-hetero) is 1. The second-order valence-electron chi connectivity index (χ2n) is 1.37. The van der Waals surface area contributed by atoms with Gasteiger partial charge in [0.1, 0.15) is 0 Å². The van der Waals surface area contributed by atoms with Crippen LogP contribution in [0.25, 0.3) is 0 Å². The van der Waals surface area contributed by atoms with Crippen molar-refractivity contribution in [3.8, 4) is 0 Å². The van der Waals surface area contributed by atoms with Gasteiger partial charge in [-0.3, -0.25) is 4.79 Å². The largest absolute Gasteiger partial charge is 0.362 e. The van der Waals surface area contributed by atoms with Crippen molar-refractivity contribution in [2.45, 2.75) is 12.3 Å². The zero-order chi connectivity index (χ0) is 7.65. The monoisotopic (exact) mass is 138 g/mol. The summed E-state index contributed by atoms with van der Waals surface area (Å²) in [6.07, 6.45) is -2.58.